The third kappa shape index (κ3) is 8.77. The fraction of sp³-hybridized carbons (Fsp3) is 0.348. The lowest BCUT2D eigenvalue weighted by Crippen LogP contribution is -2.43. The third-order valence-corrected chi connectivity index (χ3v) is 3.81. The summed E-state index contributed by atoms with van der Waals surface area (Å²) in [4.78, 5) is 36.8. The largest absolute Gasteiger partial charge is 0.460 e. The first-order valence-electron chi connectivity index (χ1n) is 9.69. The number of carbonyl (C=O) groups is 3. The summed E-state index contributed by atoms with van der Waals surface area (Å²) in [6, 6.07) is 16.6. The van der Waals surface area contributed by atoms with Gasteiger partial charge in [-0.3, -0.25) is 4.79 Å². The van der Waals surface area contributed by atoms with Gasteiger partial charge in [-0.15, -0.1) is 0 Å². The van der Waals surface area contributed by atoms with Crippen molar-refractivity contribution in [1.82, 2.24) is 5.32 Å². The number of rotatable bonds is 8. The van der Waals surface area contributed by atoms with Crippen LogP contribution >= 0.6 is 0 Å². The van der Waals surface area contributed by atoms with Gasteiger partial charge in [0.05, 0.1) is 0 Å². The second-order valence-electron chi connectivity index (χ2n) is 7.62. The molecule has 160 valence electrons. The normalized spacial score (nSPS) is 11.8. The van der Waals surface area contributed by atoms with E-state index in [1.54, 1.807) is 51.1 Å². The molecule has 0 bridgehead atoms. The van der Waals surface area contributed by atoms with Gasteiger partial charge in [0.1, 0.15) is 24.0 Å². The van der Waals surface area contributed by atoms with Gasteiger partial charge in [-0.1, -0.05) is 48.5 Å². The molecule has 0 aromatic heterocycles. The first-order chi connectivity index (χ1) is 14.2. The van der Waals surface area contributed by atoms with Gasteiger partial charge in [0.25, 0.3) is 0 Å². The van der Waals surface area contributed by atoms with Crippen LogP contribution in [0.15, 0.2) is 60.7 Å². The molecule has 0 heterocycles. The van der Waals surface area contributed by atoms with Gasteiger partial charge in [0, 0.05) is 6.42 Å². The summed E-state index contributed by atoms with van der Waals surface area (Å²) in [7, 11) is 0. The van der Waals surface area contributed by atoms with Crippen molar-refractivity contribution in [3.63, 3.8) is 0 Å². The zero-order valence-corrected chi connectivity index (χ0v) is 17.4. The minimum absolute atomic E-state index is 0.0149. The molecule has 2 aromatic rings. The summed E-state index contributed by atoms with van der Waals surface area (Å²) >= 11 is 0. The quantitative estimate of drug-likeness (QED) is 0.519. The van der Waals surface area contributed by atoms with Crippen molar-refractivity contribution in [2.45, 2.75) is 51.9 Å². The summed E-state index contributed by atoms with van der Waals surface area (Å²) in [5.74, 6) is -0.829. The maximum absolute atomic E-state index is 12.6. The Morgan fingerprint density at radius 1 is 0.933 bits per heavy atom. The molecule has 0 spiro atoms. The Hall–Kier alpha value is -3.35. The molecule has 1 atom stereocenters. The number of hydrogen-bond acceptors (Lipinski definition) is 6. The highest BCUT2D eigenvalue weighted by Gasteiger charge is 2.26. The Morgan fingerprint density at radius 2 is 1.53 bits per heavy atom. The SMILES string of the molecule is CC(C)(C)OC(=O)CC[C@@H](NC(=O)OCc1ccccc1)C(=O)Oc1ccccc1. The van der Waals surface area contributed by atoms with Crippen LogP contribution in [0.1, 0.15) is 39.2 Å². The van der Waals surface area contributed by atoms with Crippen LogP contribution in [-0.2, 0) is 25.7 Å². The summed E-state index contributed by atoms with van der Waals surface area (Å²) in [5.41, 5.74) is 0.170. The van der Waals surface area contributed by atoms with Gasteiger partial charge in [0.2, 0.25) is 0 Å². The van der Waals surface area contributed by atoms with Crippen molar-refractivity contribution < 1.29 is 28.6 Å². The average Bonchev–Trinajstić information content (AvgIpc) is 2.69. The molecule has 0 aliphatic carbocycles. The molecule has 0 saturated heterocycles. The van der Waals surface area contributed by atoms with Crippen LogP contribution in [0.4, 0.5) is 4.79 Å². The number of benzene rings is 2. The van der Waals surface area contributed by atoms with E-state index in [-0.39, 0.29) is 19.4 Å². The van der Waals surface area contributed by atoms with E-state index in [0.29, 0.717) is 5.75 Å². The average molecular weight is 413 g/mol. The van der Waals surface area contributed by atoms with Crippen molar-refractivity contribution in [1.29, 1.82) is 0 Å². The van der Waals surface area contributed by atoms with Gasteiger partial charge >= 0.3 is 18.0 Å². The molecule has 1 N–H and O–H groups in total. The second kappa shape index (κ2) is 11.0. The Kier molecular flexibility index (Phi) is 8.41. The van der Waals surface area contributed by atoms with Gasteiger partial charge in [0.15, 0.2) is 0 Å². The van der Waals surface area contributed by atoms with Crippen molar-refractivity contribution in [3.05, 3.63) is 66.2 Å². The third-order valence-electron chi connectivity index (χ3n) is 3.81. The Labute approximate surface area is 176 Å². The lowest BCUT2D eigenvalue weighted by atomic mass is 10.1. The second-order valence-corrected chi connectivity index (χ2v) is 7.62. The van der Waals surface area contributed by atoms with Crippen LogP contribution < -0.4 is 10.1 Å². The van der Waals surface area contributed by atoms with Crippen LogP contribution in [0.2, 0.25) is 0 Å². The van der Waals surface area contributed by atoms with E-state index in [4.69, 9.17) is 14.2 Å². The standard InChI is InChI=1S/C23H27NO6/c1-23(2,3)30-20(25)15-14-19(21(26)29-18-12-8-5-9-13-18)24-22(27)28-16-17-10-6-4-7-11-17/h4-13,19H,14-16H2,1-3H3,(H,24,27)/t19-/m1/s1. The molecule has 7 heteroatoms. The van der Waals surface area contributed by atoms with Gasteiger partial charge in [-0.2, -0.15) is 0 Å². The highest BCUT2D eigenvalue weighted by molar-refractivity contribution is 5.83. The fourth-order valence-corrected chi connectivity index (χ4v) is 2.49. The number of esters is 2. The van der Waals surface area contributed by atoms with E-state index in [1.807, 2.05) is 30.3 Å². The fourth-order valence-electron chi connectivity index (χ4n) is 2.49. The van der Waals surface area contributed by atoms with Crippen molar-refractivity contribution in [2.75, 3.05) is 0 Å². The summed E-state index contributed by atoms with van der Waals surface area (Å²) in [6.07, 6.45) is -0.829. The molecule has 0 aliphatic heterocycles. The molecule has 0 aliphatic rings. The zero-order chi connectivity index (χ0) is 22.0. The van der Waals surface area contributed by atoms with Crippen LogP contribution in [0.5, 0.6) is 5.75 Å². The highest BCUT2D eigenvalue weighted by Crippen LogP contribution is 2.13. The number of para-hydroxylation sites is 1. The summed E-state index contributed by atoms with van der Waals surface area (Å²) in [6.45, 7) is 5.32. The van der Waals surface area contributed by atoms with E-state index >= 15 is 0 Å². The van der Waals surface area contributed by atoms with E-state index in [1.165, 1.54) is 0 Å². The molecule has 0 unspecified atom stereocenters. The topological polar surface area (TPSA) is 90.9 Å². The molecule has 30 heavy (non-hydrogen) atoms. The minimum Gasteiger partial charge on any atom is -0.460 e. The zero-order valence-electron chi connectivity index (χ0n) is 17.4. The smallest absolute Gasteiger partial charge is 0.408 e. The molecular formula is C23H27NO6. The number of amides is 1. The molecule has 2 rings (SSSR count). The minimum atomic E-state index is -1.07. The highest BCUT2D eigenvalue weighted by atomic mass is 16.6. The number of hydrogen-bond donors (Lipinski definition) is 1. The molecule has 7 nitrogen and oxygen atoms in total. The van der Waals surface area contributed by atoms with Crippen molar-refractivity contribution in [3.8, 4) is 5.75 Å². The predicted octanol–water partition coefficient (Wildman–Crippen LogP) is 4.01. The summed E-state index contributed by atoms with van der Waals surface area (Å²) < 4.78 is 15.7. The van der Waals surface area contributed by atoms with E-state index in [2.05, 4.69) is 5.32 Å². The van der Waals surface area contributed by atoms with E-state index in [0.717, 1.165) is 5.56 Å². The molecule has 0 saturated carbocycles. The number of alkyl carbamates (subject to hydrolysis) is 1. The van der Waals surface area contributed by atoms with Gasteiger partial charge < -0.3 is 19.5 Å². The lowest BCUT2D eigenvalue weighted by molar-refractivity contribution is -0.155. The molecule has 1 amide bonds. The molecule has 2 aromatic carbocycles. The van der Waals surface area contributed by atoms with Crippen LogP contribution in [0.3, 0.4) is 0 Å². The molecule has 0 fully saturated rings. The summed E-state index contributed by atoms with van der Waals surface area (Å²) in [5, 5.41) is 2.48. The Bertz CT molecular complexity index is 830. The maximum Gasteiger partial charge on any atom is 0.408 e. The lowest BCUT2D eigenvalue weighted by Gasteiger charge is -2.21. The van der Waals surface area contributed by atoms with E-state index in [9.17, 15) is 14.4 Å². The number of nitrogens with one attached hydrogen (secondary N) is 1. The van der Waals surface area contributed by atoms with Crippen molar-refractivity contribution in [2.24, 2.45) is 0 Å². The van der Waals surface area contributed by atoms with Gasteiger partial charge in [-0.05, 0) is 44.9 Å². The molecular weight excluding hydrogens is 386 g/mol. The number of ether oxygens (including phenoxy) is 3. The van der Waals surface area contributed by atoms with E-state index < -0.39 is 29.7 Å². The van der Waals surface area contributed by atoms with Crippen LogP contribution in [-0.4, -0.2) is 29.7 Å². The monoisotopic (exact) mass is 413 g/mol. The Morgan fingerprint density at radius 3 is 2.13 bits per heavy atom. The molecule has 0 radical (unpaired) electrons. The first-order valence-corrected chi connectivity index (χ1v) is 9.69. The van der Waals surface area contributed by atoms with Crippen molar-refractivity contribution >= 4 is 18.0 Å². The van der Waals surface area contributed by atoms with Crippen LogP contribution in [0.25, 0.3) is 0 Å². The Balaban J connectivity index is 1.97. The number of carbonyl (C=O) groups excluding carboxylic acids is 3. The van der Waals surface area contributed by atoms with Gasteiger partial charge in [-0.25, -0.2) is 9.59 Å². The van der Waals surface area contributed by atoms with Crippen LogP contribution in [0, 0.1) is 0 Å². The maximum atomic E-state index is 12.6. The predicted molar refractivity (Wildman–Crippen MR) is 111 cm³/mol. The first kappa shape index (κ1) is 22.9.